The van der Waals surface area contributed by atoms with Crippen LogP contribution in [-0.2, 0) is 0 Å². The second kappa shape index (κ2) is 15.8. The van der Waals surface area contributed by atoms with Gasteiger partial charge in [-0.05, 0) is 149 Å². The minimum atomic E-state index is -0.0790. The molecule has 0 unspecified atom stereocenters. The largest absolute Gasteiger partial charge is 0.396 e. The minimum Gasteiger partial charge on any atom is -0.396 e. The van der Waals surface area contributed by atoms with Gasteiger partial charge in [0.25, 0.3) is 11.8 Å². The standard InChI is InChI=1S/C24H32N4O2.C20H22ClN3O/c29-9-5-4-8-25-23-21(15-26-28(23)20-6-2-1-3-7-20)24(30)27-22-18-11-16-10-17(13-18)14-19(22)12-16;21-19-17(11-22-24(19)16-4-2-1-3-5-16)20(25)23-18-14-7-12-6-13(9-14)10-15(18)8-12/h1-3,6-7,15-19,22,25,29H,4-5,8-14H2,(H,27,30);1-5,11-15,18H,6-10H2,(H,23,25). The summed E-state index contributed by atoms with van der Waals surface area (Å²) in [4.78, 5) is 26.2. The number of carbonyl (C=O) groups is 2. The highest BCUT2D eigenvalue weighted by Crippen LogP contribution is 2.55. The van der Waals surface area contributed by atoms with Crippen LogP contribution in [0, 0.1) is 47.3 Å². The lowest BCUT2D eigenvalue weighted by molar-refractivity contribution is -0.0119. The Balaban J connectivity index is 0.000000147. The number of aliphatic hydroxyl groups is 1. The molecule has 290 valence electrons. The van der Waals surface area contributed by atoms with Gasteiger partial charge in [0.2, 0.25) is 0 Å². The number of nitrogens with zero attached hydrogens (tertiary/aromatic N) is 4. The molecule has 8 fully saturated rings. The molecule has 0 aliphatic heterocycles. The predicted octanol–water partition coefficient (Wildman–Crippen LogP) is 7.69. The zero-order valence-corrected chi connectivity index (χ0v) is 32.3. The van der Waals surface area contributed by atoms with Gasteiger partial charge in [-0.1, -0.05) is 48.0 Å². The van der Waals surface area contributed by atoms with Crippen molar-refractivity contribution in [3.8, 4) is 11.4 Å². The first-order valence-electron chi connectivity index (χ1n) is 20.8. The zero-order chi connectivity index (χ0) is 37.5. The van der Waals surface area contributed by atoms with E-state index >= 15 is 0 Å². The van der Waals surface area contributed by atoms with Crippen molar-refractivity contribution in [2.24, 2.45) is 47.3 Å². The van der Waals surface area contributed by atoms with Crippen molar-refractivity contribution in [3.05, 3.63) is 89.3 Å². The number of halogens is 1. The Hall–Kier alpha value is -4.15. The summed E-state index contributed by atoms with van der Waals surface area (Å²) in [5, 5.41) is 28.4. The predicted molar refractivity (Wildman–Crippen MR) is 214 cm³/mol. The molecule has 0 radical (unpaired) electrons. The van der Waals surface area contributed by atoms with Crippen LogP contribution >= 0.6 is 11.6 Å². The topological polar surface area (TPSA) is 126 Å². The molecule has 10 nitrogen and oxygen atoms in total. The van der Waals surface area contributed by atoms with E-state index < -0.39 is 0 Å². The molecule has 4 N–H and O–H groups in total. The first kappa shape index (κ1) is 36.5. The number of aliphatic hydroxyl groups excluding tert-OH is 1. The number of anilines is 1. The summed E-state index contributed by atoms with van der Waals surface area (Å²) in [7, 11) is 0. The number of aromatic nitrogens is 4. The van der Waals surface area contributed by atoms with E-state index in [-0.39, 0.29) is 18.4 Å². The maximum atomic E-state index is 13.3. The van der Waals surface area contributed by atoms with Gasteiger partial charge in [0.05, 0.1) is 29.3 Å². The monoisotopic (exact) mass is 763 g/mol. The third kappa shape index (κ3) is 7.44. The van der Waals surface area contributed by atoms with Crippen LogP contribution in [0.25, 0.3) is 11.4 Å². The highest BCUT2D eigenvalue weighted by molar-refractivity contribution is 6.33. The molecule has 2 aromatic carbocycles. The van der Waals surface area contributed by atoms with Crippen LogP contribution in [0.1, 0.15) is 97.8 Å². The Morgan fingerprint density at radius 1 is 0.618 bits per heavy atom. The van der Waals surface area contributed by atoms with Gasteiger partial charge < -0.3 is 21.1 Å². The van der Waals surface area contributed by atoms with Gasteiger partial charge in [-0.2, -0.15) is 10.2 Å². The fourth-order valence-electron chi connectivity index (χ4n) is 11.9. The van der Waals surface area contributed by atoms with Crippen LogP contribution < -0.4 is 16.0 Å². The van der Waals surface area contributed by atoms with Crippen LogP contribution in [0.2, 0.25) is 5.15 Å². The molecule has 11 heteroatoms. The lowest BCUT2D eigenvalue weighted by Crippen LogP contribution is -2.55. The number of carbonyl (C=O) groups excluding carboxylic acids is 2. The summed E-state index contributed by atoms with van der Waals surface area (Å²) in [6, 6.07) is 20.2. The molecule has 0 atom stereocenters. The molecule has 55 heavy (non-hydrogen) atoms. The maximum Gasteiger partial charge on any atom is 0.256 e. The molecule has 8 bridgehead atoms. The van der Waals surface area contributed by atoms with E-state index in [4.69, 9.17) is 16.7 Å². The third-order valence-corrected chi connectivity index (χ3v) is 14.3. The second-order valence-corrected chi connectivity index (χ2v) is 17.8. The Kier molecular flexibility index (Phi) is 10.5. The van der Waals surface area contributed by atoms with E-state index in [2.05, 4.69) is 26.1 Å². The van der Waals surface area contributed by atoms with Gasteiger partial charge in [-0.25, -0.2) is 9.36 Å². The van der Waals surface area contributed by atoms with E-state index in [0.717, 1.165) is 53.7 Å². The highest BCUT2D eigenvalue weighted by atomic mass is 35.5. The summed E-state index contributed by atoms with van der Waals surface area (Å²) >= 11 is 6.46. The summed E-state index contributed by atoms with van der Waals surface area (Å²) in [5.41, 5.74) is 2.87. The van der Waals surface area contributed by atoms with E-state index in [9.17, 15) is 9.59 Å². The number of nitrogens with one attached hydrogen (secondary N) is 3. The third-order valence-electron chi connectivity index (χ3n) is 13.9. The molecule has 2 aromatic heterocycles. The first-order chi connectivity index (χ1) is 26.9. The minimum absolute atomic E-state index is 0.0145. The fraction of sp³-hybridized carbons (Fsp3) is 0.545. The van der Waals surface area contributed by atoms with Crippen molar-refractivity contribution in [1.29, 1.82) is 0 Å². The van der Waals surface area contributed by atoms with Gasteiger partial charge >= 0.3 is 0 Å². The molecular formula is C44H54ClN7O3. The molecule has 8 aliphatic carbocycles. The number of rotatable bonds is 11. The van der Waals surface area contributed by atoms with E-state index in [1.807, 2.05) is 65.3 Å². The van der Waals surface area contributed by atoms with Gasteiger partial charge in [-0.3, -0.25) is 9.59 Å². The summed E-state index contributed by atoms with van der Waals surface area (Å²) in [6.45, 7) is 0.872. The Morgan fingerprint density at radius 3 is 1.55 bits per heavy atom. The first-order valence-corrected chi connectivity index (χ1v) is 21.2. The maximum absolute atomic E-state index is 13.3. The number of hydrogen-bond donors (Lipinski definition) is 4. The summed E-state index contributed by atoms with van der Waals surface area (Å²) < 4.78 is 3.43. The molecule has 12 rings (SSSR count). The Morgan fingerprint density at radius 2 is 1.05 bits per heavy atom. The average Bonchev–Trinajstić information content (AvgIpc) is 3.80. The number of benzene rings is 2. The zero-order valence-electron chi connectivity index (χ0n) is 31.5. The lowest BCUT2D eigenvalue weighted by Gasteiger charge is -2.54. The van der Waals surface area contributed by atoms with Gasteiger partial charge in [0.1, 0.15) is 16.5 Å². The molecule has 0 spiro atoms. The summed E-state index contributed by atoms with van der Waals surface area (Å²) in [6.07, 6.45) is 18.0. The molecule has 8 saturated carbocycles. The van der Waals surface area contributed by atoms with Crippen molar-refractivity contribution >= 4 is 29.2 Å². The molecule has 2 heterocycles. The molecule has 2 amide bonds. The smallest absolute Gasteiger partial charge is 0.256 e. The van der Waals surface area contributed by atoms with E-state index in [1.54, 1.807) is 17.1 Å². The normalized spacial score (nSPS) is 30.8. The van der Waals surface area contributed by atoms with Crippen LogP contribution in [0.4, 0.5) is 5.82 Å². The van der Waals surface area contributed by atoms with E-state index in [1.165, 1.54) is 64.2 Å². The number of hydrogen-bond acceptors (Lipinski definition) is 6. The SMILES string of the molecule is O=C(NC1C2CC3CC(C2)CC1C3)c1cnn(-c2ccccc2)c1Cl.O=C(NC1C2CC3CC(C2)CC1C3)c1cnn(-c2ccccc2)c1NCCCCO. The van der Waals surface area contributed by atoms with Crippen LogP contribution in [0.3, 0.4) is 0 Å². The van der Waals surface area contributed by atoms with Crippen molar-refractivity contribution in [1.82, 2.24) is 30.2 Å². The van der Waals surface area contributed by atoms with E-state index in [0.29, 0.717) is 58.6 Å². The molecule has 0 saturated heterocycles. The van der Waals surface area contributed by atoms with Gasteiger partial charge in [0.15, 0.2) is 0 Å². The van der Waals surface area contributed by atoms with Crippen molar-refractivity contribution in [2.75, 3.05) is 18.5 Å². The van der Waals surface area contributed by atoms with Gasteiger partial charge in [0, 0.05) is 25.2 Å². The Labute approximate surface area is 328 Å². The second-order valence-electron chi connectivity index (χ2n) is 17.5. The molecular weight excluding hydrogens is 710 g/mol. The fourth-order valence-corrected chi connectivity index (χ4v) is 12.2. The van der Waals surface area contributed by atoms with Crippen molar-refractivity contribution in [3.63, 3.8) is 0 Å². The number of amides is 2. The Bertz CT molecular complexity index is 1910. The highest BCUT2D eigenvalue weighted by Gasteiger charge is 2.50. The van der Waals surface area contributed by atoms with Crippen LogP contribution in [0.15, 0.2) is 73.1 Å². The molecule has 8 aliphatic rings. The van der Waals surface area contributed by atoms with Crippen LogP contribution in [-0.4, -0.2) is 61.7 Å². The van der Waals surface area contributed by atoms with Gasteiger partial charge in [-0.15, -0.1) is 0 Å². The average molecular weight is 764 g/mol. The van der Waals surface area contributed by atoms with Crippen molar-refractivity contribution < 1.29 is 14.7 Å². The van der Waals surface area contributed by atoms with Crippen LogP contribution in [0.5, 0.6) is 0 Å². The summed E-state index contributed by atoms with van der Waals surface area (Å²) in [5.74, 6) is 6.84. The van der Waals surface area contributed by atoms with Crippen molar-refractivity contribution in [2.45, 2.75) is 89.1 Å². The number of para-hydroxylation sites is 2. The molecule has 4 aromatic rings. The quantitative estimate of drug-likeness (QED) is 0.116. The number of unbranched alkanes of at least 4 members (excludes halogenated alkanes) is 1. The lowest BCUT2D eigenvalue weighted by atomic mass is 9.54.